The largest absolute Gasteiger partial charge is 0.297 e. The van der Waals surface area contributed by atoms with Gasteiger partial charge in [-0.2, -0.15) is 5.10 Å². The van der Waals surface area contributed by atoms with E-state index in [9.17, 15) is 0 Å². The fourth-order valence-electron chi connectivity index (χ4n) is 1.88. The number of aromatic nitrogens is 2. The first-order valence-corrected chi connectivity index (χ1v) is 7.54. The average molecular weight is 306 g/mol. The van der Waals surface area contributed by atoms with E-state index >= 15 is 0 Å². The zero-order chi connectivity index (χ0) is 14.8. The molecular weight excluding hydrogens is 288 g/mol. The van der Waals surface area contributed by atoms with Crippen molar-refractivity contribution in [3.05, 3.63) is 53.3 Å². The van der Waals surface area contributed by atoms with Gasteiger partial charge in [0.2, 0.25) is 0 Å². The van der Waals surface area contributed by atoms with E-state index in [1.807, 2.05) is 64.1 Å². The van der Waals surface area contributed by atoms with E-state index in [1.54, 1.807) is 4.68 Å². The van der Waals surface area contributed by atoms with E-state index < -0.39 is 5.60 Å². The Hall–Kier alpha value is -1.17. The molecule has 0 aliphatic heterocycles. The summed E-state index contributed by atoms with van der Waals surface area (Å²) in [7, 11) is 0. The molecule has 1 aromatic heterocycles. The molecule has 0 atom stereocenters. The lowest BCUT2D eigenvalue weighted by Gasteiger charge is -2.24. The summed E-state index contributed by atoms with van der Waals surface area (Å²) in [5.74, 6) is 0. The molecule has 0 spiro atoms. The monoisotopic (exact) mass is 306 g/mol. The Balaban J connectivity index is 2.05. The SMILES string of the molecule is Cc1cc(C)n(C(=S)SOC(C)(C)c2ccccc2)n1. The number of nitrogens with zero attached hydrogens (tertiary/aromatic N) is 2. The van der Waals surface area contributed by atoms with Crippen LogP contribution >= 0.6 is 24.3 Å². The molecule has 0 N–H and O–H groups in total. The van der Waals surface area contributed by atoms with Crippen LogP contribution in [-0.4, -0.2) is 14.1 Å². The number of aryl methyl sites for hydroxylation is 2. The highest BCUT2D eigenvalue weighted by Crippen LogP contribution is 2.30. The summed E-state index contributed by atoms with van der Waals surface area (Å²) in [6.45, 7) is 7.99. The minimum absolute atomic E-state index is 0.411. The molecule has 0 fully saturated rings. The molecule has 2 aromatic rings. The Kier molecular flexibility index (Phi) is 4.62. The minimum atomic E-state index is -0.411. The molecule has 0 radical (unpaired) electrons. The van der Waals surface area contributed by atoms with Crippen molar-refractivity contribution in [1.29, 1.82) is 0 Å². The zero-order valence-corrected chi connectivity index (χ0v) is 13.7. The second kappa shape index (κ2) is 6.08. The van der Waals surface area contributed by atoms with Crippen LogP contribution in [0.1, 0.15) is 30.8 Å². The number of thiocarbonyl (C=S) groups is 1. The van der Waals surface area contributed by atoms with E-state index in [2.05, 4.69) is 5.10 Å². The zero-order valence-electron chi connectivity index (χ0n) is 12.1. The fourth-order valence-corrected chi connectivity index (χ4v) is 2.79. The first kappa shape index (κ1) is 15.2. The Morgan fingerprint density at radius 3 is 2.45 bits per heavy atom. The van der Waals surface area contributed by atoms with Crippen LogP contribution in [0.2, 0.25) is 0 Å². The first-order valence-electron chi connectivity index (χ1n) is 6.39. The maximum absolute atomic E-state index is 5.91. The van der Waals surface area contributed by atoms with E-state index in [-0.39, 0.29) is 0 Å². The van der Waals surface area contributed by atoms with Crippen molar-refractivity contribution in [2.45, 2.75) is 33.3 Å². The van der Waals surface area contributed by atoms with Crippen molar-refractivity contribution in [3.63, 3.8) is 0 Å². The number of rotatable bonds is 3. The van der Waals surface area contributed by atoms with Crippen molar-refractivity contribution in [3.8, 4) is 0 Å². The summed E-state index contributed by atoms with van der Waals surface area (Å²) in [6, 6.07) is 12.1. The third-order valence-corrected chi connectivity index (χ3v) is 4.17. The highest BCUT2D eigenvalue weighted by atomic mass is 32.2. The van der Waals surface area contributed by atoms with Gasteiger partial charge in [-0.3, -0.25) is 4.18 Å². The predicted molar refractivity (Wildman–Crippen MR) is 87.8 cm³/mol. The lowest BCUT2D eigenvalue weighted by molar-refractivity contribution is 0.143. The van der Waals surface area contributed by atoms with E-state index in [1.165, 1.54) is 12.0 Å². The molecule has 0 aliphatic carbocycles. The van der Waals surface area contributed by atoms with Gasteiger partial charge in [-0.05, 0) is 51.5 Å². The molecule has 3 nitrogen and oxygen atoms in total. The summed E-state index contributed by atoms with van der Waals surface area (Å²) >= 11 is 6.57. The van der Waals surface area contributed by atoms with Crippen LogP contribution < -0.4 is 0 Å². The Morgan fingerprint density at radius 2 is 1.90 bits per heavy atom. The van der Waals surface area contributed by atoms with Crippen LogP contribution in [0, 0.1) is 13.8 Å². The summed E-state index contributed by atoms with van der Waals surface area (Å²) in [5, 5.41) is 4.36. The predicted octanol–water partition coefficient (Wildman–Crippen LogP) is 4.23. The highest BCUT2D eigenvalue weighted by molar-refractivity contribution is 8.20. The van der Waals surface area contributed by atoms with Gasteiger partial charge in [0.1, 0.15) is 5.60 Å². The fraction of sp³-hybridized carbons (Fsp3) is 0.333. The molecule has 0 saturated carbocycles. The molecule has 0 aliphatic rings. The number of hydrogen-bond acceptors (Lipinski definition) is 4. The molecule has 2 rings (SSSR count). The van der Waals surface area contributed by atoms with Crippen LogP contribution in [-0.2, 0) is 9.78 Å². The molecule has 0 bridgehead atoms. The van der Waals surface area contributed by atoms with Crippen LogP contribution in [0.5, 0.6) is 0 Å². The van der Waals surface area contributed by atoms with Gasteiger partial charge in [-0.1, -0.05) is 30.3 Å². The molecule has 106 valence electrons. The standard InChI is InChI=1S/C15H18N2OS2/c1-11-10-12(2)17(16-11)14(19)20-18-15(3,4)13-8-6-5-7-9-13/h5-10H,1-4H3. The van der Waals surface area contributed by atoms with Gasteiger partial charge in [-0.25, -0.2) is 4.68 Å². The molecule has 0 saturated heterocycles. The second-order valence-corrected chi connectivity index (χ2v) is 6.51. The number of benzene rings is 1. The Morgan fingerprint density at radius 1 is 1.25 bits per heavy atom. The summed E-state index contributed by atoms with van der Waals surface area (Å²) < 4.78 is 8.24. The quantitative estimate of drug-likeness (QED) is 0.626. The summed E-state index contributed by atoms with van der Waals surface area (Å²) in [4.78, 5) is 0. The van der Waals surface area contributed by atoms with Crippen molar-refractivity contribution < 1.29 is 4.18 Å². The molecular formula is C15H18N2OS2. The maximum Gasteiger partial charge on any atom is 0.188 e. The van der Waals surface area contributed by atoms with Crippen LogP contribution in [0.4, 0.5) is 0 Å². The molecule has 20 heavy (non-hydrogen) atoms. The molecule has 5 heteroatoms. The Bertz CT molecular complexity index is 606. The second-order valence-electron chi connectivity index (χ2n) is 5.15. The van der Waals surface area contributed by atoms with Gasteiger partial charge in [0, 0.05) is 5.69 Å². The van der Waals surface area contributed by atoms with Gasteiger partial charge in [0.15, 0.2) is 4.32 Å². The normalized spacial score (nSPS) is 11.6. The number of hydrogen-bond donors (Lipinski definition) is 0. The van der Waals surface area contributed by atoms with Gasteiger partial charge in [0.25, 0.3) is 0 Å². The molecule has 0 unspecified atom stereocenters. The summed E-state index contributed by atoms with van der Waals surface area (Å²) in [5.41, 5.74) is 2.67. The van der Waals surface area contributed by atoms with Crippen LogP contribution in [0.3, 0.4) is 0 Å². The lowest BCUT2D eigenvalue weighted by Crippen LogP contribution is -2.20. The lowest BCUT2D eigenvalue weighted by atomic mass is 9.99. The van der Waals surface area contributed by atoms with Crippen molar-refractivity contribution in [2.24, 2.45) is 0 Å². The minimum Gasteiger partial charge on any atom is -0.297 e. The van der Waals surface area contributed by atoms with E-state index in [4.69, 9.17) is 16.4 Å². The van der Waals surface area contributed by atoms with E-state index in [0.717, 1.165) is 17.0 Å². The van der Waals surface area contributed by atoms with Gasteiger partial charge >= 0.3 is 0 Å². The third-order valence-electron chi connectivity index (χ3n) is 2.97. The summed E-state index contributed by atoms with van der Waals surface area (Å²) in [6.07, 6.45) is 0. The van der Waals surface area contributed by atoms with E-state index in [0.29, 0.717) is 4.32 Å². The Labute approximate surface area is 129 Å². The average Bonchev–Trinajstić information content (AvgIpc) is 2.76. The van der Waals surface area contributed by atoms with Crippen molar-refractivity contribution in [2.75, 3.05) is 0 Å². The van der Waals surface area contributed by atoms with Gasteiger partial charge in [0.05, 0.1) is 17.7 Å². The van der Waals surface area contributed by atoms with Gasteiger partial charge < -0.3 is 0 Å². The first-order chi connectivity index (χ1) is 9.40. The third kappa shape index (κ3) is 3.48. The van der Waals surface area contributed by atoms with Gasteiger partial charge in [-0.15, -0.1) is 0 Å². The van der Waals surface area contributed by atoms with Crippen molar-refractivity contribution >= 4 is 28.6 Å². The highest BCUT2D eigenvalue weighted by Gasteiger charge is 2.23. The maximum atomic E-state index is 5.91. The molecule has 0 amide bonds. The molecule has 1 heterocycles. The van der Waals surface area contributed by atoms with Crippen molar-refractivity contribution in [1.82, 2.24) is 9.78 Å². The molecule has 1 aromatic carbocycles. The van der Waals surface area contributed by atoms with Crippen LogP contribution in [0.25, 0.3) is 0 Å². The topological polar surface area (TPSA) is 27.1 Å². The van der Waals surface area contributed by atoms with Crippen LogP contribution in [0.15, 0.2) is 36.4 Å². The smallest absolute Gasteiger partial charge is 0.188 e.